The molecule has 42 heavy (non-hydrogen) atoms. The van der Waals surface area contributed by atoms with E-state index in [2.05, 4.69) is 37.5 Å². The van der Waals surface area contributed by atoms with Gasteiger partial charge in [-0.15, -0.1) is 0 Å². The van der Waals surface area contributed by atoms with Crippen LogP contribution in [0.15, 0.2) is 48.9 Å². The molecular weight excluding hydrogens is 659 g/mol. The van der Waals surface area contributed by atoms with E-state index in [0.717, 1.165) is 31.7 Å². The molecular formula is C30H30F2IN5O4. The Morgan fingerprint density at radius 1 is 1.21 bits per heavy atom. The van der Waals surface area contributed by atoms with Gasteiger partial charge >= 0.3 is 12.6 Å². The second-order valence-corrected chi connectivity index (χ2v) is 11.8. The van der Waals surface area contributed by atoms with Crippen molar-refractivity contribution in [3.8, 4) is 16.9 Å². The van der Waals surface area contributed by atoms with Gasteiger partial charge in [0.15, 0.2) is 0 Å². The van der Waals surface area contributed by atoms with Gasteiger partial charge in [-0.1, -0.05) is 18.2 Å². The summed E-state index contributed by atoms with van der Waals surface area (Å²) in [6.07, 6.45) is 6.91. The molecule has 3 aromatic heterocycles. The smallest absolute Gasteiger partial charge is 0.387 e. The summed E-state index contributed by atoms with van der Waals surface area (Å²) in [6, 6.07) is 8.69. The maximum atomic E-state index is 13.2. The number of alkyl halides is 2. The van der Waals surface area contributed by atoms with Crippen molar-refractivity contribution in [3.05, 3.63) is 69.4 Å². The van der Waals surface area contributed by atoms with Crippen molar-refractivity contribution in [1.29, 1.82) is 0 Å². The highest BCUT2D eigenvalue weighted by Gasteiger charge is 2.39. The van der Waals surface area contributed by atoms with Crippen LogP contribution in [0, 0.1) is 8.99 Å². The second-order valence-electron chi connectivity index (χ2n) is 10.7. The molecule has 0 spiro atoms. The number of piperidine rings is 1. The number of hydrogen-bond acceptors (Lipinski definition) is 8. The van der Waals surface area contributed by atoms with E-state index in [1.54, 1.807) is 30.6 Å². The average Bonchev–Trinajstić information content (AvgIpc) is 3.35. The molecule has 1 fully saturated rings. The lowest BCUT2D eigenvalue weighted by atomic mass is 9.80. The molecule has 0 N–H and O–H groups in total. The second kappa shape index (κ2) is 11.7. The number of fused-ring (bicyclic) bond motifs is 3. The lowest BCUT2D eigenvalue weighted by molar-refractivity contribution is -0.155. The number of pyridine rings is 1. The van der Waals surface area contributed by atoms with Crippen molar-refractivity contribution < 1.29 is 27.8 Å². The molecule has 6 rings (SSSR count). The number of hydrogen-bond donors (Lipinski definition) is 0. The van der Waals surface area contributed by atoms with E-state index in [1.165, 1.54) is 6.07 Å². The van der Waals surface area contributed by atoms with Crippen molar-refractivity contribution in [1.82, 2.24) is 19.4 Å². The third-order valence-electron chi connectivity index (χ3n) is 7.98. The molecule has 0 amide bonds. The van der Waals surface area contributed by atoms with E-state index in [1.807, 2.05) is 30.5 Å². The van der Waals surface area contributed by atoms with Gasteiger partial charge in [-0.25, -0.2) is 15.0 Å². The number of esters is 1. The maximum Gasteiger partial charge on any atom is 0.387 e. The van der Waals surface area contributed by atoms with Gasteiger partial charge in [-0.05, 0) is 61.4 Å². The third-order valence-corrected chi connectivity index (χ3v) is 8.87. The van der Waals surface area contributed by atoms with Crippen molar-refractivity contribution in [2.75, 3.05) is 31.2 Å². The number of ether oxygens (including phenoxy) is 3. The zero-order valence-electron chi connectivity index (χ0n) is 23.2. The van der Waals surface area contributed by atoms with Crippen molar-refractivity contribution in [3.63, 3.8) is 0 Å². The molecule has 9 nitrogen and oxygen atoms in total. The molecule has 0 unspecified atom stereocenters. The monoisotopic (exact) mass is 689 g/mol. The molecule has 220 valence electrons. The van der Waals surface area contributed by atoms with Crippen LogP contribution in [0.5, 0.6) is 5.75 Å². The fourth-order valence-electron chi connectivity index (χ4n) is 5.63. The molecule has 0 aliphatic carbocycles. The molecule has 12 heteroatoms. The van der Waals surface area contributed by atoms with Gasteiger partial charge in [0.25, 0.3) is 0 Å². The summed E-state index contributed by atoms with van der Waals surface area (Å²) in [5, 5.41) is 0. The van der Waals surface area contributed by atoms with E-state index >= 15 is 0 Å². The first kappa shape index (κ1) is 28.7. The number of carbonyl (C=O) groups is 1. The first-order valence-corrected chi connectivity index (χ1v) is 15.0. The molecule has 1 saturated heterocycles. The Hall–Kier alpha value is -3.39. The highest BCUT2D eigenvalue weighted by Crippen LogP contribution is 2.39. The Bertz CT molecular complexity index is 1610. The predicted molar refractivity (Wildman–Crippen MR) is 160 cm³/mol. The van der Waals surface area contributed by atoms with Crippen molar-refractivity contribution >= 4 is 40.2 Å². The van der Waals surface area contributed by atoms with Crippen LogP contribution in [0.25, 0.3) is 16.8 Å². The van der Waals surface area contributed by atoms with Crippen LogP contribution in [0.4, 0.5) is 14.7 Å². The minimum atomic E-state index is -2.94. The predicted octanol–water partition coefficient (Wildman–Crippen LogP) is 5.83. The van der Waals surface area contributed by atoms with Gasteiger partial charge in [0.1, 0.15) is 17.5 Å². The summed E-state index contributed by atoms with van der Waals surface area (Å²) in [7, 11) is 0. The van der Waals surface area contributed by atoms with E-state index < -0.39 is 18.1 Å². The first-order valence-electron chi connectivity index (χ1n) is 13.9. The topological polar surface area (TPSA) is 91.1 Å². The van der Waals surface area contributed by atoms with Gasteiger partial charge in [0.2, 0.25) is 5.95 Å². The Morgan fingerprint density at radius 3 is 2.67 bits per heavy atom. The number of carbonyl (C=O) groups excluding carboxylic acids is 1. The Balaban J connectivity index is 1.29. The zero-order chi connectivity index (χ0) is 29.4. The quantitative estimate of drug-likeness (QED) is 0.177. The fourth-order valence-corrected chi connectivity index (χ4v) is 6.36. The van der Waals surface area contributed by atoms with Crippen molar-refractivity contribution in [2.45, 2.75) is 45.8 Å². The van der Waals surface area contributed by atoms with Crippen LogP contribution in [0.1, 0.15) is 49.7 Å². The number of nitrogens with zero attached hydrogens (tertiary/aromatic N) is 5. The lowest BCUT2D eigenvalue weighted by Crippen LogP contribution is -2.44. The first-order chi connectivity index (χ1) is 20.3. The van der Waals surface area contributed by atoms with Crippen LogP contribution in [0.2, 0.25) is 0 Å². The molecule has 2 aliphatic heterocycles. The minimum absolute atomic E-state index is 0.0790. The van der Waals surface area contributed by atoms with E-state index in [0.29, 0.717) is 57.1 Å². The van der Waals surface area contributed by atoms with Crippen LogP contribution < -0.4 is 9.64 Å². The molecule has 5 heterocycles. The SMILES string of the molecule is CCOC(=O)C1(C)CCN(c2ncc(-c3cn4c5c(nc4cc3I)CCO[C@@H]5c3ccccc3OC(F)F)cn2)CC1. The van der Waals surface area contributed by atoms with Crippen LogP contribution in [0.3, 0.4) is 0 Å². The van der Waals surface area contributed by atoms with E-state index in [9.17, 15) is 13.6 Å². The van der Waals surface area contributed by atoms with E-state index in [4.69, 9.17) is 19.2 Å². The number of imidazole rings is 1. The summed E-state index contributed by atoms with van der Waals surface area (Å²) in [6.45, 7) is 2.96. The Morgan fingerprint density at radius 2 is 1.95 bits per heavy atom. The number of benzene rings is 1. The van der Waals surface area contributed by atoms with Crippen LogP contribution in [-0.4, -0.2) is 58.2 Å². The highest BCUT2D eigenvalue weighted by molar-refractivity contribution is 14.1. The zero-order valence-corrected chi connectivity index (χ0v) is 25.4. The van der Waals surface area contributed by atoms with Gasteiger partial charge < -0.3 is 23.5 Å². The van der Waals surface area contributed by atoms with Gasteiger partial charge in [0, 0.05) is 58.4 Å². The number of rotatable bonds is 7. The normalized spacial score (nSPS) is 18.2. The highest BCUT2D eigenvalue weighted by atomic mass is 127. The van der Waals surface area contributed by atoms with Gasteiger partial charge in [-0.3, -0.25) is 4.79 Å². The fraction of sp³-hybridized carbons (Fsp3) is 0.400. The molecule has 2 aliphatic rings. The van der Waals surface area contributed by atoms with Crippen LogP contribution in [-0.2, 0) is 20.7 Å². The summed E-state index contributed by atoms with van der Waals surface area (Å²) < 4.78 is 45.5. The molecule has 1 aromatic carbocycles. The summed E-state index contributed by atoms with van der Waals surface area (Å²) in [4.78, 5) is 28.7. The van der Waals surface area contributed by atoms with Gasteiger partial charge in [0.05, 0.1) is 30.0 Å². The van der Waals surface area contributed by atoms with E-state index in [-0.39, 0.29) is 11.7 Å². The number of anilines is 1. The summed E-state index contributed by atoms with van der Waals surface area (Å²) in [5.41, 5.74) is 4.16. The number of halogens is 3. The molecule has 0 saturated carbocycles. The summed E-state index contributed by atoms with van der Waals surface area (Å²) >= 11 is 2.28. The largest absolute Gasteiger partial charge is 0.466 e. The molecule has 0 radical (unpaired) electrons. The Labute approximate surface area is 255 Å². The number of aromatic nitrogens is 4. The lowest BCUT2D eigenvalue weighted by Gasteiger charge is -2.37. The maximum absolute atomic E-state index is 13.2. The van der Waals surface area contributed by atoms with Crippen molar-refractivity contribution in [2.24, 2.45) is 5.41 Å². The molecule has 1 atom stereocenters. The number of para-hydroxylation sites is 1. The standard InChI is InChI=1S/C30H30F2IN5O4/c1-3-40-27(39)30(2)9-11-37(12-10-30)29-34-15-18(16-35-29)20-17-38-24(14-21(20)33)36-22-8-13-41-26(25(22)38)19-6-4-5-7-23(19)42-28(31)32/h4-7,14-17,26,28H,3,8-13H2,1-2H3/t26-/m1/s1. The molecule has 0 bridgehead atoms. The van der Waals surface area contributed by atoms with Gasteiger partial charge in [-0.2, -0.15) is 8.78 Å². The minimum Gasteiger partial charge on any atom is -0.466 e. The Kier molecular flexibility index (Phi) is 8.01. The third kappa shape index (κ3) is 5.41. The average molecular weight is 690 g/mol. The molecule has 4 aromatic rings. The summed E-state index contributed by atoms with van der Waals surface area (Å²) in [5.74, 6) is 0.547. The van der Waals surface area contributed by atoms with Crippen LogP contribution >= 0.6 is 22.6 Å².